The molecule has 1 N–H and O–H groups in total. The molecule has 2 unspecified atom stereocenters. The van der Waals surface area contributed by atoms with E-state index in [-0.39, 0.29) is 0 Å². The lowest BCUT2D eigenvalue weighted by atomic mass is 10.1. The highest BCUT2D eigenvalue weighted by molar-refractivity contribution is 9.10. The van der Waals surface area contributed by atoms with Crippen LogP contribution >= 0.6 is 27.7 Å². The van der Waals surface area contributed by atoms with Crippen LogP contribution in [0.1, 0.15) is 31.9 Å². The molecule has 0 saturated carbocycles. The summed E-state index contributed by atoms with van der Waals surface area (Å²) in [4.78, 5) is 2.25. The molecule has 0 aromatic heterocycles. The van der Waals surface area contributed by atoms with Crippen molar-refractivity contribution in [3.05, 3.63) is 28.2 Å². The average molecular weight is 332 g/mol. The predicted molar refractivity (Wildman–Crippen MR) is 85.6 cm³/mol. The molecule has 2 nitrogen and oxygen atoms in total. The van der Waals surface area contributed by atoms with Crippen LogP contribution < -0.4 is 4.90 Å². The summed E-state index contributed by atoms with van der Waals surface area (Å²) in [6.45, 7) is 4.04. The van der Waals surface area contributed by atoms with Crippen molar-refractivity contribution in [2.75, 3.05) is 24.0 Å². The summed E-state index contributed by atoms with van der Waals surface area (Å²) in [7, 11) is 2.10. The molecule has 0 radical (unpaired) electrons. The maximum absolute atomic E-state index is 9.86. The van der Waals surface area contributed by atoms with Crippen LogP contribution in [0.5, 0.6) is 0 Å². The molecule has 0 heterocycles. The second kappa shape index (κ2) is 7.41. The summed E-state index contributed by atoms with van der Waals surface area (Å²) in [5.41, 5.74) is 2.09. The highest BCUT2D eigenvalue weighted by Gasteiger charge is 2.16. The van der Waals surface area contributed by atoms with Gasteiger partial charge in [0.15, 0.2) is 0 Å². The molecular formula is C14H22BrNOS. The van der Waals surface area contributed by atoms with Crippen molar-refractivity contribution in [1.82, 2.24) is 0 Å². The Morgan fingerprint density at radius 1 is 1.39 bits per heavy atom. The zero-order chi connectivity index (χ0) is 13.7. The predicted octanol–water partition coefficient (Wildman–Crippen LogP) is 4.08. The van der Waals surface area contributed by atoms with Crippen LogP contribution in [0, 0.1) is 0 Å². The van der Waals surface area contributed by atoms with E-state index in [1.807, 2.05) is 30.8 Å². The van der Waals surface area contributed by atoms with Crippen molar-refractivity contribution < 1.29 is 5.11 Å². The number of nitrogens with zero attached hydrogens (tertiary/aromatic N) is 1. The largest absolute Gasteiger partial charge is 0.389 e. The molecule has 0 aliphatic carbocycles. The highest BCUT2D eigenvalue weighted by atomic mass is 79.9. The Balaban J connectivity index is 2.95. The van der Waals surface area contributed by atoms with Crippen LogP contribution in [-0.2, 0) is 0 Å². The van der Waals surface area contributed by atoms with Crippen LogP contribution in [0.25, 0.3) is 0 Å². The van der Waals surface area contributed by atoms with E-state index in [2.05, 4.69) is 47.1 Å². The minimum Gasteiger partial charge on any atom is -0.389 e. The summed E-state index contributed by atoms with van der Waals surface area (Å²) in [6, 6.07) is 6.51. The molecular weight excluding hydrogens is 310 g/mol. The highest BCUT2D eigenvalue weighted by Crippen LogP contribution is 2.30. The second-order valence-corrected chi connectivity index (χ2v) is 6.52. The van der Waals surface area contributed by atoms with Gasteiger partial charge in [0.25, 0.3) is 0 Å². The van der Waals surface area contributed by atoms with Gasteiger partial charge >= 0.3 is 0 Å². The van der Waals surface area contributed by atoms with Gasteiger partial charge in [-0.1, -0.05) is 22.0 Å². The van der Waals surface area contributed by atoms with Gasteiger partial charge in [-0.2, -0.15) is 11.8 Å². The van der Waals surface area contributed by atoms with Gasteiger partial charge in [0, 0.05) is 28.8 Å². The van der Waals surface area contributed by atoms with Crippen LogP contribution in [-0.4, -0.2) is 30.2 Å². The van der Waals surface area contributed by atoms with Crippen LogP contribution in [0.15, 0.2) is 22.7 Å². The molecule has 0 bridgehead atoms. The van der Waals surface area contributed by atoms with Gasteiger partial charge < -0.3 is 10.0 Å². The lowest BCUT2D eigenvalue weighted by Crippen LogP contribution is -2.30. The van der Waals surface area contributed by atoms with Gasteiger partial charge in [-0.15, -0.1) is 0 Å². The van der Waals surface area contributed by atoms with Crippen molar-refractivity contribution in [2.24, 2.45) is 0 Å². The molecule has 0 spiro atoms. The summed E-state index contributed by atoms with van der Waals surface area (Å²) in [5, 5.41) is 9.86. The first-order valence-electron chi connectivity index (χ1n) is 6.16. The molecule has 1 aromatic carbocycles. The zero-order valence-corrected chi connectivity index (χ0v) is 13.9. The van der Waals surface area contributed by atoms with Gasteiger partial charge in [0.05, 0.1) is 6.10 Å². The molecule has 0 amide bonds. The molecule has 4 heteroatoms. The van der Waals surface area contributed by atoms with Crippen molar-refractivity contribution >= 4 is 33.4 Å². The lowest BCUT2D eigenvalue weighted by Gasteiger charge is -2.30. The van der Waals surface area contributed by atoms with Gasteiger partial charge in [0.2, 0.25) is 0 Å². The Morgan fingerprint density at radius 3 is 2.61 bits per heavy atom. The second-order valence-electron chi connectivity index (χ2n) is 4.62. The van der Waals surface area contributed by atoms with Crippen molar-refractivity contribution in [3.63, 3.8) is 0 Å². The molecule has 18 heavy (non-hydrogen) atoms. The van der Waals surface area contributed by atoms with Crippen LogP contribution in [0.2, 0.25) is 0 Å². The van der Waals surface area contributed by atoms with Gasteiger partial charge in [-0.25, -0.2) is 0 Å². The Kier molecular flexibility index (Phi) is 6.53. The summed E-state index contributed by atoms with van der Waals surface area (Å²) < 4.78 is 1.05. The SMILES string of the molecule is CSCCC(C)N(C)c1cc(Br)ccc1C(C)O. The summed E-state index contributed by atoms with van der Waals surface area (Å²) in [6.07, 6.45) is 2.83. The maximum Gasteiger partial charge on any atom is 0.0782 e. The molecule has 0 aliphatic heterocycles. The number of thioether (sulfide) groups is 1. The third-order valence-corrected chi connectivity index (χ3v) is 4.36. The molecule has 1 aromatic rings. The number of hydrogen-bond acceptors (Lipinski definition) is 3. The first-order chi connectivity index (χ1) is 8.47. The fraction of sp³-hybridized carbons (Fsp3) is 0.571. The number of aliphatic hydroxyl groups is 1. The number of anilines is 1. The third-order valence-electron chi connectivity index (χ3n) is 3.22. The van der Waals surface area contributed by atoms with Crippen molar-refractivity contribution in [3.8, 4) is 0 Å². The third kappa shape index (κ3) is 4.18. The number of halogens is 1. The lowest BCUT2D eigenvalue weighted by molar-refractivity contribution is 0.199. The number of rotatable bonds is 6. The summed E-state index contributed by atoms with van der Waals surface area (Å²) in [5.74, 6) is 1.16. The van der Waals surface area contributed by atoms with E-state index in [9.17, 15) is 5.11 Å². The topological polar surface area (TPSA) is 23.5 Å². The van der Waals surface area contributed by atoms with E-state index in [0.29, 0.717) is 6.04 Å². The van der Waals surface area contributed by atoms with E-state index in [1.54, 1.807) is 0 Å². The van der Waals surface area contributed by atoms with E-state index >= 15 is 0 Å². The first-order valence-corrected chi connectivity index (χ1v) is 8.35. The first kappa shape index (κ1) is 15.9. The van der Waals surface area contributed by atoms with Gasteiger partial charge in [-0.3, -0.25) is 0 Å². The normalized spacial score (nSPS) is 14.3. The zero-order valence-electron chi connectivity index (χ0n) is 11.5. The number of benzene rings is 1. The standard InChI is InChI=1S/C14H22BrNOS/c1-10(7-8-18-4)16(3)14-9-12(15)5-6-13(14)11(2)17/h5-6,9-11,17H,7-8H2,1-4H3. The fourth-order valence-electron chi connectivity index (χ4n) is 1.90. The summed E-state index contributed by atoms with van der Waals surface area (Å²) >= 11 is 5.37. The van der Waals surface area contributed by atoms with Gasteiger partial charge in [-0.05, 0) is 44.4 Å². The van der Waals surface area contributed by atoms with E-state index in [0.717, 1.165) is 27.9 Å². The van der Waals surface area contributed by atoms with E-state index < -0.39 is 6.10 Å². The monoisotopic (exact) mass is 331 g/mol. The smallest absolute Gasteiger partial charge is 0.0782 e. The molecule has 0 saturated heterocycles. The number of hydrogen-bond donors (Lipinski definition) is 1. The van der Waals surface area contributed by atoms with Crippen LogP contribution in [0.4, 0.5) is 5.69 Å². The minimum atomic E-state index is -0.441. The Labute approximate surface area is 123 Å². The molecule has 1 rings (SSSR count). The molecule has 102 valence electrons. The maximum atomic E-state index is 9.86. The Hall–Kier alpha value is -0.190. The molecule has 0 fully saturated rings. The van der Waals surface area contributed by atoms with E-state index in [4.69, 9.17) is 0 Å². The molecule has 2 atom stereocenters. The molecule has 0 aliphatic rings. The van der Waals surface area contributed by atoms with Crippen LogP contribution in [0.3, 0.4) is 0 Å². The van der Waals surface area contributed by atoms with Crippen molar-refractivity contribution in [1.29, 1.82) is 0 Å². The quantitative estimate of drug-likeness (QED) is 0.849. The number of aliphatic hydroxyl groups excluding tert-OH is 1. The van der Waals surface area contributed by atoms with E-state index in [1.165, 1.54) is 0 Å². The Morgan fingerprint density at radius 2 is 2.06 bits per heavy atom. The Bertz CT molecular complexity index is 384. The van der Waals surface area contributed by atoms with Gasteiger partial charge in [0.1, 0.15) is 0 Å². The minimum absolute atomic E-state index is 0.441. The fourth-order valence-corrected chi connectivity index (χ4v) is 2.82. The average Bonchev–Trinajstić information content (AvgIpc) is 2.34. The van der Waals surface area contributed by atoms with Crippen molar-refractivity contribution in [2.45, 2.75) is 32.4 Å².